The number of carbonyl (C=O) groups excluding carboxylic acids is 2. The molecule has 0 aliphatic carbocycles. The van der Waals surface area contributed by atoms with Gasteiger partial charge < -0.3 is 15.0 Å². The molecule has 242 valence electrons. The lowest BCUT2D eigenvalue weighted by Crippen LogP contribution is -2.56. The maximum absolute atomic E-state index is 15.1. The first-order valence-corrected chi connectivity index (χ1v) is 16.4. The van der Waals surface area contributed by atoms with E-state index in [-0.39, 0.29) is 34.1 Å². The van der Waals surface area contributed by atoms with Gasteiger partial charge in [0.2, 0.25) is 11.8 Å². The molecule has 0 aromatic heterocycles. The first kappa shape index (κ1) is 34.5. The van der Waals surface area contributed by atoms with Crippen molar-refractivity contribution in [2.75, 3.05) is 18.0 Å². The second-order valence-corrected chi connectivity index (χ2v) is 14.0. The standard InChI is InChI=1S/C35H37ClFN3O5S/c1-35(2,3)38-34(42)31(21-25-13-7-5-8-14-25)39(23-26-15-11-12-18-30(26)37)33(41)24-40(27-19-20-32(45-4)29(36)22-27)46(43,44)28-16-9-6-10-17-28/h5-20,22,31H,21,23-24H2,1-4H3,(H,38,42)/t31-/m0/s1. The Morgan fingerprint density at radius 1 is 0.913 bits per heavy atom. The maximum atomic E-state index is 15.1. The van der Waals surface area contributed by atoms with E-state index in [1.807, 2.05) is 51.1 Å². The van der Waals surface area contributed by atoms with E-state index in [1.165, 1.54) is 60.5 Å². The lowest BCUT2D eigenvalue weighted by molar-refractivity contribution is -0.140. The molecular weight excluding hydrogens is 629 g/mol. The van der Waals surface area contributed by atoms with Crippen LogP contribution in [0.5, 0.6) is 5.75 Å². The second kappa shape index (κ2) is 14.8. The summed E-state index contributed by atoms with van der Waals surface area (Å²) >= 11 is 6.40. The number of nitrogens with one attached hydrogen (secondary N) is 1. The molecule has 46 heavy (non-hydrogen) atoms. The van der Waals surface area contributed by atoms with Gasteiger partial charge in [0.05, 0.1) is 22.7 Å². The molecule has 11 heteroatoms. The van der Waals surface area contributed by atoms with E-state index in [2.05, 4.69) is 5.32 Å². The van der Waals surface area contributed by atoms with E-state index >= 15 is 4.39 Å². The van der Waals surface area contributed by atoms with Gasteiger partial charge in [-0.25, -0.2) is 12.8 Å². The highest BCUT2D eigenvalue weighted by Gasteiger charge is 2.36. The Kier molecular flexibility index (Phi) is 11.1. The summed E-state index contributed by atoms with van der Waals surface area (Å²) in [6.45, 7) is 4.45. The van der Waals surface area contributed by atoms with Gasteiger partial charge in [0.25, 0.3) is 10.0 Å². The van der Waals surface area contributed by atoms with E-state index in [1.54, 1.807) is 24.3 Å². The summed E-state index contributed by atoms with van der Waals surface area (Å²) in [4.78, 5) is 29.6. The van der Waals surface area contributed by atoms with Gasteiger partial charge in [-0.1, -0.05) is 78.3 Å². The number of hydrogen-bond acceptors (Lipinski definition) is 5. The summed E-state index contributed by atoms with van der Waals surface area (Å²) in [5.74, 6) is -1.44. The topological polar surface area (TPSA) is 96.0 Å². The third-order valence-corrected chi connectivity index (χ3v) is 9.18. The van der Waals surface area contributed by atoms with Gasteiger partial charge in [0, 0.05) is 24.1 Å². The number of halogens is 2. The highest BCUT2D eigenvalue weighted by atomic mass is 35.5. The molecular formula is C35H37ClFN3O5S. The molecule has 4 aromatic rings. The Hall–Kier alpha value is -4.41. The molecule has 0 unspecified atom stereocenters. The van der Waals surface area contributed by atoms with Crippen LogP contribution in [-0.2, 0) is 32.6 Å². The van der Waals surface area contributed by atoms with E-state index in [4.69, 9.17) is 16.3 Å². The minimum atomic E-state index is -4.32. The Morgan fingerprint density at radius 3 is 2.11 bits per heavy atom. The molecule has 0 aliphatic heterocycles. The summed E-state index contributed by atoms with van der Waals surface area (Å²) in [5, 5.41) is 3.08. The molecule has 4 aromatic carbocycles. The molecule has 0 heterocycles. The molecule has 8 nitrogen and oxygen atoms in total. The lowest BCUT2D eigenvalue weighted by atomic mass is 10.0. The number of ether oxygens (including phenoxy) is 1. The number of methoxy groups -OCH3 is 1. The highest BCUT2D eigenvalue weighted by Crippen LogP contribution is 2.32. The van der Waals surface area contributed by atoms with Crippen molar-refractivity contribution in [3.8, 4) is 5.75 Å². The fraction of sp³-hybridized carbons (Fsp3) is 0.257. The smallest absolute Gasteiger partial charge is 0.264 e. The summed E-state index contributed by atoms with van der Waals surface area (Å²) in [5.41, 5.74) is 0.384. The van der Waals surface area contributed by atoms with Crippen LogP contribution in [0.15, 0.2) is 108 Å². The molecule has 0 saturated heterocycles. The molecule has 0 bridgehead atoms. The van der Waals surface area contributed by atoms with Crippen LogP contribution in [-0.4, -0.2) is 50.4 Å². The van der Waals surface area contributed by atoms with Crippen LogP contribution in [0.1, 0.15) is 31.9 Å². The monoisotopic (exact) mass is 665 g/mol. The van der Waals surface area contributed by atoms with Gasteiger partial charge in [-0.2, -0.15) is 0 Å². The van der Waals surface area contributed by atoms with Gasteiger partial charge in [0.1, 0.15) is 24.2 Å². The molecule has 1 atom stereocenters. The molecule has 0 fully saturated rings. The quantitative estimate of drug-likeness (QED) is 0.193. The normalized spacial score (nSPS) is 12.2. The fourth-order valence-electron chi connectivity index (χ4n) is 4.88. The van der Waals surface area contributed by atoms with Crippen molar-refractivity contribution in [2.45, 2.75) is 50.2 Å². The Labute approximate surface area is 274 Å². The van der Waals surface area contributed by atoms with Gasteiger partial charge in [0.15, 0.2) is 0 Å². The van der Waals surface area contributed by atoms with Gasteiger partial charge >= 0.3 is 0 Å². The first-order valence-electron chi connectivity index (χ1n) is 14.6. The Bertz CT molecular complexity index is 1770. The first-order chi connectivity index (χ1) is 21.8. The Morgan fingerprint density at radius 2 is 1.52 bits per heavy atom. The maximum Gasteiger partial charge on any atom is 0.264 e. The SMILES string of the molecule is COc1ccc(N(CC(=O)N(Cc2ccccc2F)[C@@H](Cc2ccccc2)C(=O)NC(C)(C)C)S(=O)(=O)c2ccccc2)cc1Cl. The summed E-state index contributed by atoms with van der Waals surface area (Å²) in [7, 11) is -2.89. The van der Waals surface area contributed by atoms with Crippen LogP contribution < -0.4 is 14.4 Å². The van der Waals surface area contributed by atoms with Crippen molar-refractivity contribution >= 4 is 39.1 Å². The zero-order chi connectivity index (χ0) is 33.5. The van der Waals surface area contributed by atoms with Gasteiger partial charge in [-0.15, -0.1) is 0 Å². The number of sulfonamides is 1. The number of benzene rings is 4. The molecule has 0 aliphatic rings. The van der Waals surface area contributed by atoms with Crippen LogP contribution in [0.3, 0.4) is 0 Å². The average Bonchev–Trinajstić information content (AvgIpc) is 3.02. The number of anilines is 1. The number of nitrogens with zero attached hydrogens (tertiary/aromatic N) is 2. The molecule has 4 rings (SSSR count). The summed E-state index contributed by atoms with van der Waals surface area (Å²) in [6.07, 6.45) is 0.0999. The van der Waals surface area contributed by atoms with Crippen molar-refractivity contribution in [3.05, 3.63) is 125 Å². The van der Waals surface area contributed by atoms with Crippen LogP contribution in [0.4, 0.5) is 10.1 Å². The van der Waals surface area contributed by atoms with E-state index in [0.29, 0.717) is 5.75 Å². The zero-order valence-corrected chi connectivity index (χ0v) is 27.7. The predicted molar refractivity (Wildman–Crippen MR) is 178 cm³/mol. The third kappa shape index (κ3) is 8.64. The van der Waals surface area contributed by atoms with Crippen molar-refractivity contribution in [1.82, 2.24) is 10.2 Å². The van der Waals surface area contributed by atoms with Gasteiger partial charge in [-0.3, -0.25) is 13.9 Å². The number of hydrogen-bond donors (Lipinski definition) is 1. The molecule has 2 amide bonds. The van der Waals surface area contributed by atoms with Crippen molar-refractivity contribution < 1.29 is 27.1 Å². The van der Waals surface area contributed by atoms with Crippen LogP contribution in [0.25, 0.3) is 0 Å². The minimum Gasteiger partial charge on any atom is -0.495 e. The van der Waals surface area contributed by atoms with E-state index in [9.17, 15) is 18.0 Å². The van der Waals surface area contributed by atoms with Crippen molar-refractivity contribution in [1.29, 1.82) is 0 Å². The van der Waals surface area contributed by atoms with E-state index in [0.717, 1.165) is 9.87 Å². The molecule has 0 spiro atoms. The highest BCUT2D eigenvalue weighted by molar-refractivity contribution is 7.92. The predicted octanol–water partition coefficient (Wildman–Crippen LogP) is 6.24. The summed E-state index contributed by atoms with van der Waals surface area (Å²) in [6, 6.07) is 26.0. The van der Waals surface area contributed by atoms with Crippen LogP contribution in [0, 0.1) is 5.82 Å². The third-order valence-electron chi connectivity index (χ3n) is 7.10. The van der Waals surface area contributed by atoms with E-state index < -0.39 is 45.8 Å². The number of rotatable bonds is 12. The van der Waals surface area contributed by atoms with Gasteiger partial charge in [-0.05, 0) is 62.7 Å². The van der Waals surface area contributed by atoms with Crippen LogP contribution >= 0.6 is 11.6 Å². The summed E-state index contributed by atoms with van der Waals surface area (Å²) < 4.78 is 49.4. The van der Waals surface area contributed by atoms with Crippen molar-refractivity contribution in [2.24, 2.45) is 0 Å². The fourth-order valence-corrected chi connectivity index (χ4v) is 6.55. The lowest BCUT2D eigenvalue weighted by Gasteiger charge is -2.35. The minimum absolute atomic E-state index is 0.0540. The largest absolute Gasteiger partial charge is 0.495 e. The van der Waals surface area contributed by atoms with Crippen LogP contribution in [0.2, 0.25) is 5.02 Å². The number of carbonyl (C=O) groups is 2. The zero-order valence-electron chi connectivity index (χ0n) is 26.1. The second-order valence-electron chi connectivity index (χ2n) is 11.7. The molecule has 0 saturated carbocycles. The average molecular weight is 666 g/mol. The Balaban J connectivity index is 1.84. The van der Waals surface area contributed by atoms with Crippen molar-refractivity contribution in [3.63, 3.8) is 0 Å². The number of amides is 2. The molecule has 0 radical (unpaired) electrons. The molecule has 1 N–H and O–H groups in total.